The molecule has 0 radical (unpaired) electrons. The summed E-state index contributed by atoms with van der Waals surface area (Å²) in [6.07, 6.45) is 0. The van der Waals surface area contributed by atoms with Crippen molar-refractivity contribution < 1.29 is 4.79 Å². The van der Waals surface area contributed by atoms with Gasteiger partial charge in [0.1, 0.15) is 0 Å². The second-order valence-corrected chi connectivity index (χ2v) is 7.73. The normalized spacial score (nSPS) is 16.9. The van der Waals surface area contributed by atoms with Crippen molar-refractivity contribution in [3.05, 3.63) is 70.7 Å². The number of hydrogen-bond acceptors (Lipinski definition) is 3. The zero-order chi connectivity index (χ0) is 19.2. The lowest BCUT2D eigenvalue weighted by Crippen LogP contribution is -2.53. The van der Waals surface area contributed by atoms with Crippen LogP contribution in [0.15, 0.2) is 54.6 Å². The number of benzene rings is 2. The van der Waals surface area contributed by atoms with Crippen LogP contribution in [0.1, 0.15) is 18.1 Å². The average molecular weight is 386 g/mol. The lowest BCUT2D eigenvalue weighted by Gasteiger charge is -2.38. The van der Waals surface area contributed by atoms with Gasteiger partial charge in [-0.05, 0) is 30.2 Å². The predicted molar refractivity (Wildman–Crippen MR) is 111 cm³/mol. The minimum absolute atomic E-state index is 0.0907. The highest BCUT2D eigenvalue weighted by Crippen LogP contribution is 2.15. The molecule has 0 aromatic heterocycles. The van der Waals surface area contributed by atoms with Crippen molar-refractivity contribution in [1.29, 1.82) is 0 Å². The van der Waals surface area contributed by atoms with Crippen molar-refractivity contribution in [3.8, 4) is 0 Å². The molecule has 0 N–H and O–H groups in total. The van der Waals surface area contributed by atoms with Crippen molar-refractivity contribution in [1.82, 2.24) is 14.7 Å². The number of halogens is 1. The number of hydrogen-bond donors (Lipinski definition) is 0. The largest absolute Gasteiger partial charge is 0.340 e. The van der Waals surface area contributed by atoms with Crippen LogP contribution in [0, 0.1) is 0 Å². The van der Waals surface area contributed by atoms with Gasteiger partial charge in [-0.3, -0.25) is 14.6 Å². The van der Waals surface area contributed by atoms with Gasteiger partial charge in [-0.1, -0.05) is 54.1 Å². The highest BCUT2D eigenvalue weighted by molar-refractivity contribution is 6.30. The van der Waals surface area contributed by atoms with E-state index in [1.807, 2.05) is 55.3 Å². The molecule has 27 heavy (non-hydrogen) atoms. The van der Waals surface area contributed by atoms with Crippen molar-refractivity contribution in [3.63, 3.8) is 0 Å². The van der Waals surface area contributed by atoms with Crippen LogP contribution in [0.4, 0.5) is 0 Å². The minimum atomic E-state index is -0.0907. The molecule has 2 aromatic rings. The lowest BCUT2D eigenvalue weighted by molar-refractivity contribution is -0.136. The van der Waals surface area contributed by atoms with E-state index in [-0.39, 0.29) is 11.9 Å². The Morgan fingerprint density at radius 1 is 1.04 bits per heavy atom. The zero-order valence-electron chi connectivity index (χ0n) is 16.1. The Hall–Kier alpha value is -1.88. The molecular formula is C22H28ClN3O. The number of likely N-dealkylation sites (N-methyl/N-ethyl adjacent to an activating group) is 1. The summed E-state index contributed by atoms with van der Waals surface area (Å²) in [6, 6.07) is 18.1. The maximum absolute atomic E-state index is 12.8. The third-order valence-electron chi connectivity index (χ3n) is 5.25. The van der Waals surface area contributed by atoms with E-state index >= 15 is 0 Å². The minimum Gasteiger partial charge on any atom is -0.340 e. The maximum atomic E-state index is 12.8. The number of carbonyl (C=O) groups excluding carboxylic acids is 1. The number of piperazine rings is 1. The molecule has 1 aliphatic rings. The molecule has 1 heterocycles. The second kappa shape index (κ2) is 9.36. The molecule has 1 fully saturated rings. The highest BCUT2D eigenvalue weighted by atomic mass is 35.5. The summed E-state index contributed by atoms with van der Waals surface area (Å²) in [7, 11) is 1.89. The van der Waals surface area contributed by atoms with Crippen LogP contribution >= 0.6 is 11.6 Å². The van der Waals surface area contributed by atoms with Gasteiger partial charge in [-0.25, -0.2) is 0 Å². The van der Waals surface area contributed by atoms with Crippen LogP contribution in [0.25, 0.3) is 0 Å². The first-order chi connectivity index (χ1) is 13.0. The molecule has 1 unspecified atom stereocenters. The van der Waals surface area contributed by atoms with E-state index in [2.05, 4.69) is 28.0 Å². The highest BCUT2D eigenvalue weighted by Gasteiger charge is 2.27. The summed E-state index contributed by atoms with van der Waals surface area (Å²) < 4.78 is 0. The van der Waals surface area contributed by atoms with E-state index in [1.54, 1.807) is 0 Å². The van der Waals surface area contributed by atoms with Gasteiger partial charge in [0.25, 0.3) is 0 Å². The molecule has 5 heteroatoms. The number of rotatable bonds is 6. The molecule has 1 amide bonds. The van der Waals surface area contributed by atoms with Gasteiger partial charge in [0.2, 0.25) is 5.91 Å². The summed E-state index contributed by atoms with van der Waals surface area (Å²) in [5.74, 6) is 0.183. The van der Waals surface area contributed by atoms with Gasteiger partial charge in [0.15, 0.2) is 0 Å². The number of carbonyl (C=O) groups is 1. The topological polar surface area (TPSA) is 26.8 Å². The van der Waals surface area contributed by atoms with E-state index in [0.717, 1.165) is 43.3 Å². The van der Waals surface area contributed by atoms with Crippen LogP contribution < -0.4 is 0 Å². The van der Waals surface area contributed by atoms with E-state index in [0.29, 0.717) is 6.54 Å². The fraction of sp³-hybridized carbons (Fsp3) is 0.409. The Morgan fingerprint density at radius 3 is 2.37 bits per heavy atom. The Bertz CT molecular complexity index is 744. The first kappa shape index (κ1) is 19.9. The zero-order valence-corrected chi connectivity index (χ0v) is 16.9. The van der Waals surface area contributed by atoms with Crippen LogP contribution in [0.2, 0.25) is 5.02 Å². The third kappa shape index (κ3) is 5.55. The average Bonchev–Trinajstić information content (AvgIpc) is 2.68. The van der Waals surface area contributed by atoms with Gasteiger partial charge < -0.3 is 4.90 Å². The molecule has 2 aromatic carbocycles. The van der Waals surface area contributed by atoms with E-state index in [9.17, 15) is 4.79 Å². The third-order valence-corrected chi connectivity index (χ3v) is 5.48. The van der Waals surface area contributed by atoms with Gasteiger partial charge in [-0.15, -0.1) is 0 Å². The summed E-state index contributed by atoms with van der Waals surface area (Å²) in [4.78, 5) is 19.4. The lowest BCUT2D eigenvalue weighted by atomic mass is 10.1. The molecule has 144 valence electrons. The molecule has 0 aliphatic carbocycles. The Morgan fingerprint density at radius 2 is 1.70 bits per heavy atom. The quantitative estimate of drug-likeness (QED) is 0.761. The first-order valence-corrected chi connectivity index (χ1v) is 9.90. The van der Waals surface area contributed by atoms with Crippen LogP contribution in [-0.4, -0.2) is 59.9 Å². The van der Waals surface area contributed by atoms with Crippen LogP contribution in [0.5, 0.6) is 0 Å². The molecule has 3 rings (SSSR count). The molecule has 4 nitrogen and oxygen atoms in total. The van der Waals surface area contributed by atoms with Crippen molar-refractivity contribution in [2.45, 2.75) is 26.1 Å². The van der Waals surface area contributed by atoms with E-state index < -0.39 is 0 Å². The Kier molecular flexibility index (Phi) is 6.89. The Balaban J connectivity index is 1.48. The molecule has 1 aliphatic heterocycles. The van der Waals surface area contributed by atoms with Gasteiger partial charge in [-0.2, -0.15) is 0 Å². The fourth-order valence-electron chi connectivity index (χ4n) is 3.61. The van der Waals surface area contributed by atoms with Crippen molar-refractivity contribution in [2.75, 3.05) is 33.2 Å². The van der Waals surface area contributed by atoms with Crippen molar-refractivity contribution >= 4 is 17.5 Å². The van der Waals surface area contributed by atoms with Crippen molar-refractivity contribution in [2.24, 2.45) is 0 Å². The summed E-state index contributed by atoms with van der Waals surface area (Å²) in [5, 5.41) is 0.784. The Labute approximate surface area is 167 Å². The summed E-state index contributed by atoms with van der Waals surface area (Å²) in [6.45, 7) is 7.33. The van der Waals surface area contributed by atoms with Gasteiger partial charge >= 0.3 is 0 Å². The fourth-order valence-corrected chi connectivity index (χ4v) is 3.83. The molecule has 0 bridgehead atoms. The molecule has 1 saturated heterocycles. The smallest absolute Gasteiger partial charge is 0.239 e. The summed E-state index contributed by atoms with van der Waals surface area (Å²) in [5.41, 5.74) is 2.40. The molecule has 1 atom stereocenters. The number of amides is 1. The SMILES string of the molecule is CC(C(=O)N(C)Cc1ccccc1)N1CCN(Cc2cccc(Cl)c2)CC1. The summed E-state index contributed by atoms with van der Waals surface area (Å²) >= 11 is 6.08. The molecule has 0 saturated carbocycles. The van der Waals surface area contributed by atoms with E-state index in [4.69, 9.17) is 11.6 Å². The second-order valence-electron chi connectivity index (χ2n) is 7.30. The standard InChI is InChI=1S/C22H28ClN3O/c1-18(22(27)24(2)16-19-7-4-3-5-8-19)26-13-11-25(12-14-26)17-20-9-6-10-21(23)15-20/h3-10,15,18H,11-14,16-17H2,1-2H3. The molecular weight excluding hydrogens is 358 g/mol. The van der Waals surface area contributed by atoms with Gasteiger partial charge in [0.05, 0.1) is 6.04 Å². The molecule has 0 spiro atoms. The van der Waals surface area contributed by atoms with E-state index in [1.165, 1.54) is 5.56 Å². The first-order valence-electron chi connectivity index (χ1n) is 9.52. The van der Waals surface area contributed by atoms with Crippen LogP contribution in [-0.2, 0) is 17.9 Å². The predicted octanol–water partition coefficient (Wildman–Crippen LogP) is 3.50. The monoisotopic (exact) mass is 385 g/mol. The van der Waals surface area contributed by atoms with Gasteiger partial charge in [0, 0.05) is 51.3 Å². The van der Waals surface area contributed by atoms with Crippen LogP contribution in [0.3, 0.4) is 0 Å². The number of nitrogens with zero attached hydrogens (tertiary/aromatic N) is 3. The maximum Gasteiger partial charge on any atom is 0.239 e.